The Hall–Kier alpha value is -2.92. The second kappa shape index (κ2) is 9.92. The van der Waals surface area contributed by atoms with Crippen molar-refractivity contribution in [2.75, 3.05) is 0 Å². The Bertz CT molecular complexity index is 1070. The van der Waals surface area contributed by atoms with Gasteiger partial charge in [-0.3, -0.25) is 4.79 Å². The number of carbonyl (C=O) groups is 1. The van der Waals surface area contributed by atoms with Crippen molar-refractivity contribution >= 4 is 28.5 Å². The Balaban J connectivity index is 1.62. The lowest BCUT2D eigenvalue weighted by Crippen LogP contribution is -2.24. The van der Waals surface area contributed by atoms with Gasteiger partial charge in [0, 0.05) is 23.2 Å². The number of rotatable bonds is 7. The predicted molar refractivity (Wildman–Crippen MR) is 128 cm³/mol. The summed E-state index contributed by atoms with van der Waals surface area (Å²) in [6, 6.07) is 17.9. The summed E-state index contributed by atoms with van der Waals surface area (Å²) in [5, 5.41) is 3.89. The first-order chi connectivity index (χ1) is 15.1. The lowest BCUT2D eigenvalue weighted by molar-refractivity contribution is 0.0951. The van der Waals surface area contributed by atoms with Gasteiger partial charge >= 0.3 is 0 Å². The highest BCUT2D eigenvalue weighted by molar-refractivity contribution is 7.16. The van der Waals surface area contributed by atoms with E-state index in [1.807, 2.05) is 74.7 Å². The fourth-order valence-electron chi connectivity index (χ4n) is 3.82. The van der Waals surface area contributed by atoms with Crippen molar-refractivity contribution in [3.05, 3.63) is 81.7 Å². The molecule has 0 spiro atoms. The molecule has 3 aromatic rings. The van der Waals surface area contributed by atoms with Crippen LogP contribution in [0.15, 0.2) is 59.6 Å². The van der Waals surface area contributed by atoms with Gasteiger partial charge in [-0.2, -0.15) is 0 Å². The van der Waals surface area contributed by atoms with Gasteiger partial charge in [0.15, 0.2) is 0 Å². The number of hydrogen-bond donors (Lipinski definition) is 1. The van der Waals surface area contributed by atoms with E-state index in [2.05, 4.69) is 5.32 Å². The molecule has 5 heteroatoms. The van der Waals surface area contributed by atoms with Crippen LogP contribution in [-0.2, 0) is 19.4 Å². The van der Waals surface area contributed by atoms with Gasteiger partial charge in [0.2, 0.25) is 0 Å². The Morgan fingerprint density at radius 3 is 2.65 bits per heavy atom. The van der Waals surface area contributed by atoms with E-state index in [0.29, 0.717) is 6.54 Å². The molecule has 0 saturated heterocycles. The van der Waals surface area contributed by atoms with Crippen LogP contribution in [0.5, 0.6) is 5.75 Å². The van der Waals surface area contributed by atoms with Crippen LogP contribution in [0.25, 0.3) is 0 Å². The standard InChI is InChI=1S/C26H28N2O2S/c1-18(2)30-22-14-8-6-12-20(22)17-28-26-24(21-13-7-9-15-23(21)31-26)25(29)27-16-19-10-4-3-5-11-19/h3-6,8,10-12,14,17-18H,7,9,13,15-16H2,1-2H3,(H,27,29). The van der Waals surface area contributed by atoms with Crippen molar-refractivity contribution in [2.24, 2.45) is 4.99 Å². The normalized spacial score (nSPS) is 13.4. The summed E-state index contributed by atoms with van der Waals surface area (Å²) in [6.07, 6.45) is 6.18. The zero-order valence-electron chi connectivity index (χ0n) is 18.1. The lowest BCUT2D eigenvalue weighted by atomic mass is 9.95. The van der Waals surface area contributed by atoms with Crippen LogP contribution in [-0.4, -0.2) is 18.2 Å². The van der Waals surface area contributed by atoms with Gasteiger partial charge in [-0.05, 0) is 62.8 Å². The summed E-state index contributed by atoms with van der Waals surface area (Å²) < 4.78 is 5.91. The van der Waals surface area contributed by atoms with E-state index >= 15 is 0 Å². The largest absolute Gasteiger partial charge is 0.490 e. The van der Waals surface area contributed by atoms with Gasteiger partial charge in [-0.15, -0.1) is 11.3 Å². The van der Waals surface area contributed by atoms with Crippen molar-refractivity contribution in [1.82, 2.24) is 5.32 Å². The van der Waals surface area contributed by atoms with Gasteiger partial charge in [-0.25, -0.2) is 4.99 Å². The number of nitrogens with one attached hydrogen (secondary N) is 1. The number of aryl methyl sites for hydroxylation is 1. The van der Waals surface area contributed by atoms with Gasteiger partial charge in [0.25, 0.3) is 5.91 Å². The summed E-state index contributed by atoms with van der Waals surface area (Å²) >= 11 is 1.65. The zero-order valence-corrected chi connectivity index (χ0v) is 18.9. The van der Waals surface area contributed by atoms with Gasteiger partial charge in [0.1, 0.15) is 10.8 Å². The minimum atomic E-state index is -0.0397. The van der Waals surface area contributed by atoms with E-state index in [9.17, 15) is 4.79 Å². The Kier molecular flexibility index (Phi) is 6.82. The number of benzene rings is 2. The van der Waals surface area contributed by atoms with Crippen LogP contribution in [0.2, 0.25) is 0 Å². The van der Waals surface area contributed by atoms with Crippen LogP contribution in [0.1, 0.15) is 58.6 Å². The number of amides is 1. The maximum absolute atomic E-state index is 13.2. The van der Waals surface area contributed by atoms with E-state index in [1.54, 1.807) is 11.3 Å². The molecule has 0 fully saturated rings. The third kappa shape index (κ3) is 5.23. The lowest BCUT2D eigenvalue weighted by Gasteiger charge is -2.13. The molecule has 1 aliphatic carbocycles. The first kappa shape index (κ1) is 21.3. The van der Waals surface area contributed by atoms with Crippen molar-refractivity contribution in [2.45, 2.75) is 52.2 Å². The quantitative estimate of drug-likeness (QED) is 0.459. The predicted octanol–water partition coefficient (Wildman–Crippen LogP) is 6.09. The summed E-state index contributed by atoms with van der Waals surface area (Å²) in [5.74, 6) is 0.764. The number of thiophene rings is 1. The molecule has 1 N–H and O–H groups in total. The molecule has 31 heavy (non-hydrogen) atoms. The summed E-state index contributed by atoms with van der Waals surface area (Å²) in [6.45, 7) is 4.53. The topological polar surface area (TPSA) is 50.7 Å². The molecule has 0 unspecified atom stereocenters. The minimum absolute atomic E-state index is 0.0397. The summed E-state index contributed by atoms with van der Waals surface area (Å²) in [5.41, 5.74) is 3.93. The number of aliphatic imine (C=N–C) groups is 1. The third-order valence-corrected chi connectivity index (χ3v) is 6.48. The molecule has 0 atom stereocenters. The summed E-state index contributed by atoms with van der Waals surface area (Å²) in [7, 11) is 0. The number of hydrogen-bond acceptors (Lipinski definition) is 4. The van der Waals surface area contributed by atoms with Crippen molar-refractivity contribution in [3.63, 3.8) is 0 Å². The van der Waals surface area contributed by atoms with Gasteiger partial charge in [-0.1, -0.05) is 42.5 Å². The van der Waals surface area contributed by atoms with E-state index < -0.39 is 0 Å². The number of nitrogens with zero attached hydrogens (tertiary/aromatic N) is 1. The van der Waals surface area contributed by atoms with Crippen LogP contribution in [0, 0.1) is 0 Å². The highest BCUT2D eigenvalue weighted by Crippen LogP contribution is 2.40. The molecule has 1 amide bonds. The molecule has 1 heterocycles. The second-order valence-electron chi connectivity index (χ2n) is 8.02. The number of fused-ring (bicyclic) bond motifs is 1. The monoisotopic (exact) mass is 432 g/mol. The second-order valence-corrected chi connectivity index (χ2v) is 9.11. The van der Waals surface area contributed by atoms with Gasteiger partial charge < -0.3 is 10.1 Å². The van der Waals surface area contributed by atoms with Crippen molar-refractivity contribution in [1.29, 1.82) is 0 Å². The smallest absolute Gasteiger partial charge is 0.254 e. The minimum Gasteiger partial charge on any atom is -0.490 e. The van der Waals surface area contributed by atoms with Gasteiger partial charge in [0.05, 0.1) is 11.7 Å². The molecule has 2 aromatic carbocycles. The molecule has 0 radical (unpaired) electrons. The SMILES string of the molecule is CC(C)Oc1ccccc1C=Nc1sc2c(c1C(=O)NCc1ccccc1)CCCC2. The maximum atomic E-state index is 13.2. The molecule has 0 saturated carbocycles. The molecule has 0 bridgehead atoms. The highest BCUT2D eigenvalue weighted by Gasteiger charge is 2.25. The van der Waals surface area contributed by atoms with Crippen LogP contribution < -0.4 is 10.1 Å². The zero-order chi connectivity index (χ0) is 21.6. The fourth-order valence-corrected chi connectivity index (χ4v) is 5.05. The van der Waals surface area contributed by atoms with Crippen LogP contribution >= 0.6 is 11.3 Å². The molecule has 0 aliphatic heterocycles. The first-order valence-electron chi connectivity index (χ1n) is 10.9. The Morgan fingerprint density at radius 2 is 1.84 bits per heavy atom. The molecule has 4 nitrogen and oxygen atoms in total. The van der Waals surface area contributed by atoms with E-state index in [0.717, 1.165) is 46.7 Å². The maximum Gasteiger partial charge on any atom is 0.254 e. The highest BCUT2D eigenvalue weighted by atomic mass is 32.1. The fraction of sp³-hybridized carbons (Fsp3) is 0.308. The number of carbonyl (C=O) groups excluding carboxylic acids is 1. The van der Waals surface area contributed by atoms with E-state index in [-0.39, 0.29) is 12.0 Å². The molecular formula is C26H28N2O2S. The molecule has 1 aliphatic rings. The van der Waals surface area contributed by atoms with Crippen molar-refractivity contribution < 1.29 is 9.53 Å². The summed E-state index contributed by atoms with van der Waals surface area (Å²) in [4.78, 5) is 19.3. The van der Waals surface area contributed by atoms with Crippen molar-refractivity contribution in [3.8, 4) is 5.75 Å². The molecular weight excluding hydrogens is 404 g/mol. The van der Waals surface area contributed by atoms with Crippen LogP contribution in [0.3, 0.4) is 0 Å². The first-order valence-corrected chi connectivity index (χ1v) is 11.7. The third-order valence-electron chi connectivity index (χ3n) is 5.28. The average Bonchev–Trinajstić information content (AvgIpc) is 3.16. The molecule has 160 valence electrons. The number of ether oxygens (including phenoxy) is 1. The Morgan fingerprint density at radius 1 is 1.10 bits per heavy atom. The van der Waals surface area contributed by atoms with E-state index in [1.165, 1.54) is 16.9 Å². The Labute approximate surface area is 188 Å². The molecule has 4 rings (SSSR count). The van der Waals surface area contributed by atoms with Crippen LogP contribution in [0.4, 0.5) is 5.00 Å². The average molecular weight is 433 g/mol. The molecule has 1 aromatic heterocycles. The van der Waals surface area contributed by atoms with E-state index in [4.69, 9.17) is 9.73 Å². The number of para-hydroxylation sites is 1.